The molecule has 0 atom stereocenters. The van der Waals surface area contributed by atoms with Crippen molar-refractivity contribution in [2.45, 2.75) is 12.8 Å². The summed E-state index contributed by atoms with van der Waals surface area (Å²) in [7, 11) is 0. The maximum atomic E-state index is 5.97. The maximum absolute atomic E-state index is 5.97. The molecule has 1 aliphatic heterocycles. The second kappa shape index (κ2) is 9.86. The van der Waals surface area contributed by atoms with E-state index in [9.17, 15) is 0 Å². The second-order valence-electron chi connectivity index (χ2n) is 5.45. The number of nitrogens with two attached hydrogens (primary N) is 1. The topological polar surface area (TPSA) is 68.9 Å². The van der Waals surface area contributed by atoms with Gasteiger partial charge in [0.25, 0.3) is 0 Å². The number of nitrogens with zero attached hydrogens (tertiary/aromatic N) is 1. The Morgan fingerprint density at radius 3 is 2.68 bits per heavy atom. The number of rotatable bonds is 4. The van der Waals surface area contributed by atoms with Crippen LogP contribution >= 0.6 is 39.9 Å². The highest BCUT2D eigenvalue weighted by Gasteiger charge is 2.10. The van der Waals surface area contributed by atoms with Crippen LogP contribution in [0.15, 0.2) is 51.9 Å². The highest BCUT2D eigenvalue weighted by Crippen LogP contribution is 2.32. The Morgan fingerprint density at radius 2 is 1.88 bits per heavy atom. The van der Waals surface area contributed by atoms with Gasteiger partial charge in [0.15, 0.2) is 17.5 Å². The summed E-state index contributed by atoms with van der Waals surface area (Å²) < 4.78 is 12.4. The zero-order valence-corrected chi connectivity index (χ0v) is 17.6. The van der Waals surface area contributed by atoms with Crippen molar-refractivity contribution in [3.8, 4) is 11.5 Å². The Balaban J connectivity index is 0.00000225. The SMILES string of the molecule is I.NC(=NCCc1ccccc1Br)Nc1ccc2c(c1)OCCCO2. The van der Waals surface area contributed by atoms with E-state index in [1.54, 1.807) is 0 Å². The third-order valence-electron chi connectivity index (χ3n) is 3.64. The number of benzene rings is 2. The number of fused-ring (bicyclic) bond motifs is 1. The van der Waals surface area contributed by atoms with Crippen molar-refractivity contribution < 1.29 is 9.47 Å². The summed E-state index contributed by atoms with van der Waals surface area (Å²) in [6, 6.07) is 13.8. The summed E-state index contributed by atoms with van der Waals surface area (Å²) in [5.41, 5.74) is 8.02. The van der Waals surface area contributed by atoms with Gasteiger partial charge < -0.3 is 20.5 Å². The molecule has 1 heterocycles. The summed E-state index contributed by atoms with van der Waals surface area (Å²) in [6.45, 7) is 1.95. The highest BCUT2D eigenvalue weighted by atomic mass is 127. The standard InChI is InChI=1S/C18H20BrN3O2.HI/c19-15-5-2-1-4-13(15)8-9-21-18(20)22-14-6-7-16-17(12-14)24-11-3-10-23-16;/h1-2,4-7,12H,3,8-11H2,(H3,20,21,22);1H. The highest BCUT2D eigenvalue weighted by molar-refractivity contribution is 14.0. The molecule has 0 amide bonds. The lowest BCUT2D eigenvalue weighted by Crippen LogP contribution is -2.23. The van der Waals surface area contributed by atoms with Crippen LogP contribution in [0.4, 0.5) is 5.69 Å². The fourth-order valence-corrected chi connectivity index (χ4v) is 2.91. The molecule has 2 aromatic rings. The molecule has 25 heavy (non-hydrogen) atoms. The summed E-state index contributed by atoms with van der Waals surface area (Å²) in [5, 5.41) is 3.09. The number of hydrogen-bond donors (Lipinski definition) is 2. The van der Waals surface area contributed by atoms with Crippen molar-refractivity contribution in [2.75, 3.05) is 25.1 Å². The molecule has 0 saturated heterocycles. The van der Waals surface area contributed by atoms with Crippen LogP contribution in [-0.4, -0.2) is 25.7 Å². The lowest BCUT2D eigenvalue weighted by Gasteiger charge is -2.11. The lowest BCUT2D eigenvalue weighted by atomic mass is 10.1. The van der Waals surface area contributed by atoms with E-state index in [1.165, 1.54) is 5.56 Å². The largest absolute Gasteiger partial charge is 0.490 e. The molecule has 0 spiro atoms. The van der Waals surface area contributed by atoms with Crippen LogP contribution in [0.3, 0.4) is 0 Å². The molecule has 0 saturated carbocycles. The molecule has 7 heteroatoms. The molecule has 2 aromatic carbocycles. The first-order valence-corrected chi connectivity index (χ1v) is 8.72. The maximum Gasteiger partial charge on any atom is 0.193 e. The van der Waals surface area contributed by atoms with Gasteiger partial charge in [-0.1, -0.05) is 34.1 Å². The average molecular weight is 518 g/mol. The fourth-order valence-electron chi connectivity index (χ4n) is 2.43. The van der Waals surface area contributed by atoms with Gasteiger partial charge in [-0.3, -0.25) is 4.99 Å². The van der Waals surface area contributed by atoms with Crippen LogP contribution in [0.2, 0.25) is 0 Å². The quantitative estimate of drug-likeness (QED) is 0.362. The minimum absolute atomic E-state index is 0. The molecular weight excluding hydrogens is 497 g/mol. The molecule has 0 aromatic heterocycles. The van der Waals surface area contributed by atoms with Gasteiger partial charge in [0, 0.05) is 29.2 Å². The van der Waals surface area contributed by atoms with Crippen molar-refractivity contribution in [2.24, 2.45) is 10.7 Å². The molecule has 1 aliphatic rings. The third kappa shape index (κ3) is 5.78. The number of ether oxygens (including phenoxy) is 2. The first kappa shape index (κ1) is 19.8. The summed E-state index contributed by atoms with van der Waals surface area (Å²) in [6.07, 6.45) is 1.71. The van der Waals surface area contributed by atoms with Gasteiger partial charge in [0.1, 0.15) is 0 Å². The number of halogens is 2. The van der Waals surface area contributed by atoms with Crippen LogP contribution in [0.1, 0.15) is 12.0 Å². The molecule has 3 rings (SSSR count). The number of aliphatic imine (C=N–C) groups is 1. The van der Waals surface area contributed by atoms with Gasteiger partial charge in [-0.15, -0.1) is 24.0 Å². The van der Waals surface area contributed by atoms with Crippen LogP contribution in [0, 0.1) is 0 Å². The molecule has 134 valence electrons. The fraction of sp³-hybridized carbons (Fsp3) is 0.278. The van der Waals surface area contributed by atoms with Crippen molar-refractivity contribution in [1.82, 2.24) is 0 Å². The normalized spacial score (nSPS) is 13.6. The number of nitrogens with one attached hydrogen (secondary N) is 1. The summed E-state index contributed by atoms with van der Waals surface area (Å²) in [5.74, 6) is 1.89. The van der Waals surface area contributed by atoms with Gasteiger partial charge in [0.05, 0.1) is 13.2 Å². The molecule has 0 aliphatic carbocycles. The van der Waals surface area contributed by atoms with Crippen LogP contribution in [0.5, 0.6) is 11.5 Å². The molecule has 0 bridgehead atoms. The monoisotopic (exact) mass is 517 g/mol. The number of guanidine groups is 1. The van der Waals surface area contributed by atoms with E-state index in [0.29, 0.717) is 25.7 Å². The van der Waals surface area contributed by atoms with Crippen LogP contribution < -0.4 is 20.5 Å². The predicted molar refractivity (Wildman–Crippen MR) is 115 cm³/mol. The molecule has 3 N–H and O–H groups in total. The number of hydrogen-bond acceptors (Lipinski definition) is 3. The lowest BCUT2D eigenvalue weighted by molar-refractivity contribution is 0.297. The van der Waals surface area contributed by atoms with Gasteiger partial charge in [-0.05, 0) is 30.2 Å². The molecule has 0 radical (unpaired) electrons. The van der Waals surface area contributed by atoms with E-state index in [0.717, 1.165) is 34.5 Å². The predicted octanol–water partition coefficient (Wildman–Crippen LogP) is 4.20. The molecular formula is C18H21BrIN3O2. The zero-order chi connectivity index (χ0) is 16.8. The second-order valence-corrected chi connectivity index (χ2v) is 6.30. The number of anilines is 1. The van der Waals surface area contributed by atoms with Crippen molar-refractivity contribution in [3.63, 3.8) is 0 Å². The molecule has 5 nitrogen and oxygen atoms in total. The first-order chi connectivity index (χ1) is 11.7. The third-order valence-corrected chi connectivity index (χ3v) is 4.41. The van der Waals surface area contributed by atoms with Crippen molar-refractivity contribution >= 4 is 51.6 Å². The minimum atomic E-state index is 0. The van der Waals surface area contributed by atoms with Crippen LogP contribution in [-0.2, 0) is 6.42 Å². The van der Waals surface area contributed by atoms with E-state index >= 15 is 0 Å². The Labute approximate surface area is 173 Å². The Hall–Kier alpha value is -1.48. The van der Waals surface area contributed by atoms with Crippen molar-refractivity contribution in [1.29, 1.82) is 0 Å². The van der Waals surface area contributed by atoms with Crippen molar-refractivity contribution in [3.05, 3.63) is 52.5 Å². The van der Waals surface area contributed by atoms with Crippen LogP contribution in [0.25, 0.3) is 0 Å². The zero-order valence-electron chi connectivity index (χ0n) is 13.7. The van der Waals surface area contributed by atoms with E-state index in [-0.39, 0.29) is 24.0 Å². The molecule has 0 unspecified atom stereocenters. The Kier molecular flexibility index (Phi) is 7.83. The van der Waals surface area contributed by atoms with E-state index in [1.807, 2.05) is 36.4 Å². The van der Waals surface area contributed by atoms with Gasteiger partial charge in [0.2, 0.25) is 0 Å². The van der Waals surface area contributed by atoms with Gasteiger partial charge in [-0.25, -0.2) is 0 Å². The Morgan fingerprint density at radius 1 is 1.12 bits per heavy atom. The minimum Gasteiger partial charge on any atom is -0.490 e. The van der Waals surface area contributed by atoms with E-state index in [2.05, 4.69) is 32.3 Å². The van der Waals surface area contributed by atoms with E-state index in [4.69, 9.17) is 15.2 Å². The van der Waals surface area contributed by atoms with Gasteiger partial charge in [-0.2, -0.15) is 0 Å². The molecule has 0 fully saturated rings. The smallest absolute Gasteiger partial charge is 0.193 e. The first-order valence-electron chi connectivity index (χ1n) is 7.92. The summed E-state index contributed by atoms with van der Waals surface area (Å²) >= 11 is 3.54. The van der Waals surface area contributed by atoms with Gasteiger partial charge >= 0.3 is 0 Å². The van der Waals surface area contributed by atoms with E-state index < -0.39 is 0 Å². The average Bonchev–Trinajstić information content (AvgIpc) is 2.81. The summed E-state index contributed by atoms with van der Waals surface area (Å²) in [4.78, 5) is 4.38. The Bertz CT molecular complexity index is 740.